The molecule has 0 radical (unpaired) electrons. The molecule has 1 atom stereocenters. The Hall–Kier alpha value is -0.520. The first kappa shape index (κ1) is 13.9. The summed E-state index contributed by atoms with van der Waals surface area (Å²) < 4.78 is 4.00. The fourth-order valence-corrected chi connectivity index (χ4v) is 3.66. The molecule has 0 spiro atoms. The van der Waals surface area contributed by atoms with Crippen LogP contribution in [-0.2, 0) is 6.54 Å². The van der Waals surface area contributed by atoms with E-state index in [1.807, 2.05) is 6.92 Å². The van der Waals surface area contributed by atoms with Gasteiger partial charge in [0.15, 0.2) is 0 Å². The zero-order chi connectivity index (χ0) is 13.0. The van der Waals surface area contributed by atoms with Gasteiger partial charge in [-0.25, -0.2) is 0 Å². The molecule has 0 saturated carbocycles. The summed E-state index contributed by atoms with van der Waals surface area (Å²) in [5.74, 6) is 0. The van der Waals surface area contributed by atoms with Crippen LogP contribution in [-0.4, -0.2) is 39.3 Å². The first-order valence-corrected chi connectivity index (χ1v) is 7.57. The van der Waals surface area contributed by atoms with Crippen LogP contribution in [0, 0.1) is 12.3 Å². The molecular weight excluding hydrogens is 246 g/mol. The molecule has 1 aromatic heterocycles. The van der Waals surface area contributed by atoms with Crippen LogP contribution in [0.2, 0.25) is 0 Å². The van der Waals surface area contributed by atoms with Gasteiger partial charge in [0.2, 0.25) is 0 Å². The van der Waals surface area contributed by atoms with Crippen LogP contribution in [0.15, 0.2) is 0 Å². The Kier molecular flexibility index (Phi) is 4.70. The third-order valence-corrected chi connectivity index (χ3v) is 4.78. The zero-order valence-electron chi connectivity index (χ0n) is 11.4. The summed E-state index contributed by atoms with van der Waals surface area (Å²) in [6, 6.07) is 0. The Morgan fingerprint density at radius 3 is 2.94 bits per heavy atom. The summed E-state index contributed by atoms with van der Waals surface area (Å²) in [7, 11) is 0. The maximum Gasteiger partial charge on any atom is 0.0769 e. The summed E-state index contributed by atoms with van der Waals surface area (Å²) in [5, 5.41) is 13.8. The number of nitrogens with zero attached hydrogens (tertiary/aromatic N) is 3. The highest BCUT2D eigenvalue weighted by Crippen LogP contribution is 2.35. The molecule has 5 heteroatoms. The Morgan fingerprint density at radius 1 is 1.50 bits per heavy atom. The van der Waals surface area contributed by atoms with E-state index in [9.17, 15) is 5.11 Å². The highest BCUT2D eigenvalue weighted by molar-refractivity contribution is 7.05. The number of aliphatic hydroxyl groups excluding tert-OH is 1. The van der Waals surface area contributed by atoms with Gasteiger partial charge in [0.1, 0.15) is 0 Å². The third-order valence-electron chi connectivity index (χ3n) is 3.97. The maximum atomic E-state index is 9.72. The number of aryl methyl sites for hydroxylation is 1. The molecule has 1 N–H and O–H groups in total. The Bertz CT molecular complexity index is 378. The van der Waals surface area contributed by atoms with Gasteiger partial charge in [-0.2, -0.15) is 0 Å². The molecule has 18 heavy (non-hydrogen) atoms. The van der Waals surface area contributed by atoms with Gasteiger partial charge >= 0.3 is 0 Å². The molecule has 102 valence electrons. The van der Waals surface area contributed by atoms with E-state index in [4.69, 9.17) is 0 Å². The number of rotatable bonds is 5. The molecule has 1 unspecified atom stereocenters. The quantitative estimate of drug-likeness (QED) is 0.890. The first-order chi connectivity index (χ1) is 8.69. The van der Waals surface area contributed by atoms with Gasteiger partial charge in [-0.15, -0.1) is 5.10 Å². The minimum absolute atomic E-state index is 0.124. The molecule has 1 aliphatic rings. The number of aliphatic hydroxyl groups is 1. The van der Waals surface area contributed by atoms with E-state index in [-0.39, 0.29) is 5.41 Å². The van der Waals surface area contributed by atoms with Gasteiger partial charge in [0.05, 0.1) is 10.6 Å². The van der Waals surface area contributed by atoms with Gasteiger partial charge in [-0.05, 0) is 44.3 Å². The van der Waals surface area contributed by atoms with Crippen LogP contribution >= 0.6 is 11.5 Å². The molecule has 0 amide bonds. The van der Waals surface area contributed by atoms with Crippen LogP contribution in [0.5, 0.6) is 0 Å². The summed E-state index contributed by atoms with van der Waals surface area (Å²) in [4.78, 5) is 3.72. The average molecular weight is 269 g/mol. The fraction of sp³-hybridized carbons (Fsp3) is 0.846. The second-order valence-corrected chi connectivity index (χ2v) is 6.34. The molecule has 2 heterocycles. The summed E-state index contributed by atoms with van der Waals surface area (Å²) in [6.45, 7) is 7.62. The van der Waals surface area contributed by atoms with E-state index in [1.54, 1.807) is 0 Å². The topological polar surface area (TPSA) is 49.2 Å². The van der Waals surface area contributed by atoms with Gasteiger partial charge in [-0.3, -0.25) is 4.90 Å². The van der Waals surface area contributed by atoms with Crippen molar-refractivity contribution in [3.05, 3.63) is 10.6 Å². The smallest absolute Gasteiger partial charge is 0.0769 e. The molecular formula is C13H23N3OS. The van der Waals surface area contributed by atoms with E-state index in [0.717, 1.165) is 44.6 Å². The normalized spacial score (nSPS) is 25.5. The van der Waals surface area contributed by atoms with Crippen LogP contribution < -0.4 is 0 Å². The number of hydrogen-bond acceptors (Lipinski definition) is 5. The second-order valence-electron chi connectivity index (χ2n) is 5.50. The fourth-order valence-electron chi connectivity index (χ4n) is 2.99. The lowest BCUT2D eigenvalue weighted by molar-refractivity contribution is 0.0219. The predicted octanol–water partition coefficient (Wildman–Crippen LogP) is 2.22. The largest absolute Gasteiger partial charge is 0.396 e. The second kappa shape index (κ2) is 6.08. The van der Waals surface area contributed by atoms with Gasteiger partial charge in [0, 0.05) is 25.1 Å². The van der Waals surface area contributed by atoms with E-state index in [1.165, 1.54) is 22.8 Å². The molecule has 0 aromatic carbocycles. The highest BCUT2D eigenvalue weighted by Gasteiger charge is 2.34. The monoisotopic (exact) mass is 269 g/mol. The van der Waals surface area contributed by atoms with Gasteiger partial charge in [0.25, 0.3) is 0 Å². The van der Waals surface area contributed by atoms with Crippen molar-refractivity contribution < 1.29 is 5.11 Å². The van der Waals surface area contributed by atoms with Gasteiger partial charge in [-0.1, -0.05) is 17.8 Å². The van der Waals surface area contributed by atoms with Crippen molar-refractivity contribution in [3.63, 3.8) is 0 Å². The molecule has 1 fully saturated rings. The maximum absolute atomic E-state index is 9.72. The highest BCUT2D eigenvalue weighted by atomic mass is 32.1. The van der Waals surface area contributed by atoms with Crippen molar-refractivity contribution in [1.82, 2.24) is 14.5 Å². The Balaban J connectivity index is 2.00. The van der Waals surface area contributed by atoms with Crippen molar-refractivity contribution in [3.8, 4) is 0 Å². The molecule has 1 aliphatic heterocycles. The SMILES string of the molecule is CCCC1(CO)CCCN(Cc2snnc2C)C1. The lowest BCUT2D eigenvalue weighted by Gasteiger charge is -2.41. The van der Waals surface area contributed by atoms with E-state index >= 15 is 0 Å². The van der Waals surface area contributed by atoms with Gasteiger partial charge < -0.3 is 5.11 Å². The molecule has 1 aromatic rings. The molecule has 4 nitrogen and oxygen atoms in total. The molecule has 0 bridgehead atoms. The Labute approximate surface area is 113 Å². The minimum atomic E-state index is 0.124. The van der Waals surface area contributed by atoms with Crippen LogP contribution in [0.4, 0.5) is 0 Å². The number of hydrogen-bond donors (Lipinski definition) is 1. The third kappa shape index (κ3) is 3.08. The predicted molar refractivity (Wildman–Crippen MR) is 73.6 cm³/mol. The summed E-state index contributed by atoms with van der Waals surface area (Å²) >= 11 is 1.50. The van der Waals surface area contributed by atoms with E-state index in [2.05, 4.69) is 21.4 Å². The zero-order valence-corrected chi connectivity index (χ0v) is 12.2. The van der Waals surface area contributed by atoms with E-state index < -0.39 is 0 Å². The lowest BCUT2D eigenvalue weighted by atomic mass is 9.77. The van der Waals surface area contributed by atoms with Crippen LogP contribution in [0.25, 0.3) is 0 Å². The average Bonchev–Trinajstić information content (AvgIpc) is 2.76. The molecule has 0 aliphatic carbocycles. The molecule has 2 rings (SSSR count). The Morgan fingerprint density at radius 2 is 2.33 bits per heavy atom. The summed E-state index contributed by atoms with van der Waals surface area (Å²) in [5.41, 5.74) is 1.18. The lowest BCUT2D eigenvalue weighted by Crippen LogP contribution is -2.44. The van der Waals surface area contributed by atoms with Crippen LogP contribution in [0.3, 0.4) is 0 Å². The number of aromatic nitrogens is 2. The van der Waals surface area contributed by atoms with Crippen molar-refractivity contribution in [1.29, 1.82) is 0 Å². The van der Waals surface area contributed by atoms with E-state index in [0.29, 0.717) is 6.61 Å². The van der Waals surface area contributed by atoms with Crippen molar-refractivity contribution in [2.24, 2.45) is 5.41 Å². The minimum Gasteiger partial charge on any atom is -0.396 e. The molecule has 1 saturated heterocycles. The van der Waals surface area contributed by atoms with Crippen molar-refractivity contribution >= 4 is 11.5 Å². The van der Waals surface area contributed by atoms with Crippen molar-refractivity contribution in [2.45, 2.75) is 46.1 Å². The standard InChI is InChI=1S/C13H23N3OS/c1-3-5-13(10-17)6-4-7-16(9-13)8-12-11(2)14-15-18-12/h17H,3-10H2,1-2H3. The number of piperidine rings is 1. The first-order valence-electron chi connectivity index (χ1n) is 6.80. The van der Waals surface area contributed by atoms with Crippen LogP contribution in [0.1, 0.15) is 43.2 Å². The van der Waals surface area contributed by atoms with Crippen molar-refractivity contribution in [2.75, 3.05) is 19.7 Å². The number of likely N-dealkylation sites (tertiary alicyclic amines) is 1. The summed E-state index contributed by atoms with van der Waals surface area (Å²) in [6.07, 6.45) is 4.62.